The molecular weight excluding hydrogens is 269 g/mol. The molecule has 18 heavy (non-hydrogen) atoms. The molecule has 8 heteroatoms. The lowest BCUT2D eigenvalue weighted by molar-refractivity contribution is 0.382. The second-order valence-corrected chi connectivity index (χ2v) is 3.30. The Bertz CT molecular complexity index is 567. The molecule has 0 saturated carbocycles. The monoisotopic (exact) mass is 270 g/mol. The summed E-state index contributed by atoms with van der Waals surface area (Å²) in [5, 5.41) is 5.69. The quantitative estimate of drug-likeness (QED) is 0.441. The van der Waals surface area contributed by atoms with E-state index in [1.807, 2.05) is 0 Å². The molecule has 0 aliphatic heterocycles. The molecule has 2 aromatic rings. The van der Waals surface area contributed by atoms with Crippen LogP contribution >= 0.6 is 0 Å². The molecule has 0 fully saturated rings. The van der Waals surface area contributed by atoms with E-state index in [1.54, 1.807) is 0 Å². The van der Waals surface area contributed by atoms with Crippen molar-refractivity contribution in [3.63, 3.8) is 0 Å². The van der Waals surface area contributed by atoms with Crippen LogP contribution in [0.3, 0.4) is 0 Å². The maximum atomic E-state index is 13.2. The molecule has 1 N–H and O–H groups in total. The fourth-order valence-electron chi connectivity index (χ4n) is 1.48. The van der Waals surface area contributed by atoms with E-state index in [0.29, 0.717) is 0 Å². The Morgan fingerprint density at radius 2 is 0.778 bits per heavy atom. The average Bonchev–Trinajstić information content (AvgIpc) is 2.35. The summed E-state index contributed by atoms with van der Waals surface area (Å²) in [7, 11) is 0. The number of rotatable bonds is 0. The lowest BCUT2D eigenvalue weighted by Crippen LogP contribution is -2.03. The molecule has 0 aliphatic carbocycles. The summed E-state index contributed by atoms with van der Waals surface area (Å²) in [5.41, 5.74) is 0. The summed E-state index contributed by atoms with van der Waals surface area (Å²) in [6.45, 7) is 0. The molecule has 0 aliphatic rings. The highest BCUT2D eigenvalue weighted by molar-refractivity contribution is 5.90. The molecule has 0 radical (unpaired) electrons. The Balaban J connectivity index is 3.22. The topological polar surface area (TPSA) is 20.2 Å². The van der Waals surface area contributed by atoms with Crippen LogP contribution in [0, 0.1) is 40.7 Å². The van der Waals surface area contributed by atoms with Gasteiger partial charge in [0.05, 0.1) is 10.8 Å². The molecule has 0 atom stereocenters. The van der Waals surface area contributed by atoms with Crippen LogP contribution in [0.1, 0.15) is 0 Å². The number of phenols is 1. The Morgan fingerprint density at radius 3 is 1.22 bits per heavy atom. The Kier molecular flexibility index (Phi) is 2.60. The zero-order valence-corrected chi connectivity index (χ0v) is 8.09. The van der Waals surface area contributed by atoms with Crippen molar-refractivity contribution in [1.82, 2.24) is 0 Å². The van der Waals surface area contributed by atoms with E-state index in [0.717, 1.165) is 0 Å². The van der Waals surface area contributed by atoms with Crippen LogP contribution in [-0.2, 0) is 0 Å². The normalized spacial score (nSPS) is 11.3. The fraction of sp³-hybridized carbons (Fsp3) is 0. The number of hydrogen-bond donors (Lipinski definition) is 1. The van der Waals surface area contributed by atoms with Gasteiger partial charge in [-0.1, -0.05) is 0 Å². The maximum Gasteiger partial charge on any atom is 0.204 e. The Hall–Kier alpha value is -1.99. The first kappa shape index (κ1) is 12.5. The van der Waals surface area contributed by atoms with Crippen molar-refractivity contribution in [3.8, 4) is 5.75 Å². The third-order valence-corrected chi connectivity index (χ3v) is 2.32. The van der Waals surface area contributed by atoms with Crippen LogP contribution in [0.5, 0.6) is 5.75 Å². The van der Waals surface area contributed by atoms with E-state index < -0.39 is 57.2 Å². The van der Waals surface area contributed by atoms with Crippen LogP contribution in [0.25, 0.3) is 10.8 Å². The first-order valence-electron chi connectivity index (χ1n) is 4.30. The minimum absolute atomic E-state index is 1.61. The molecule has 0 bridgehead atoms. The summed E-state index contributed by atoms with van der Waals surface area (Å²) in [6, 6.07) is 0. The standard InChI is InChI=1S/C10HF7O/c11-3-1-2(5(13)7(15)6(3)14)10(18)9(17)8(16)4(1)12/h18H. The van der Waals surface area contributed by atoms with Crippen molar-refractivity contribution in [3.05, 3.63) is 40.7 Å². The van der Waals surface area contributed by atoms with Gasteiger partial charge >= 0.3 is 0 Å². The van der Waals surface area contributed by atoms with Crippen LogP contribution < -0.4 is 0 Å². The Morgan fingerprint density at radius 1 is 0.444 bits per heavy atom. The highest BCUT2D eigenvalue weighted by Crippen LogP contribution is 2.37. The molecule has 0 aromatic heterocycles. The maximum absolute atomic E-state index is 13.2. The van der Waals surface area contributed by atoms with Crippen molar-refractivity contribution in [2.75, 3.05) is 0 Å². The van der Waals surface area contributed by atoms with Crippen LogP contribution in [-0.4, -0.2) is 5.11 Å². The van der Waals surface area contributed by atoms with E-state index in [4.69, 9.17) is 5.11 Å². The van der Waals surface area contributed by atoms with E-state index >= 15 is 0 Å². The molecule has 1 nitrogen and oxygen atoms in total. The fourth-order valence-corrected chi connectivity index (χ4v) is 1.48. The summed E-state index contributed by atoms with van der Waals surface area (Å²) >= 11 is 0. The second kappa shape index (κ2) is 3.76. The second-order valence-electron chi connectivity index (χ2n) is 3.30. The van der Waals surface area contributed by atoms with Gasteiger partial charge in [-0.25, -0.2) is 26.3 Å². The van der Waals surface area contributed by atoms with Gasteiger partial charge < -0.3 is 5.11 Å². The number of aromatic hydroxyl groups is 1. The minimum atomic E-state index is -2.40. The first-order valence-corrected chi connectivity index (χ1v) is 4.30. The van der Waals surface area contributed by atoms with Gasteiger partial charge in [0.15, 0.2) is 40.7 Å². The van der Waals surface area contributed by atoms with Crippen molar-refractivity contribution in [2.45, 2.75) is 0 Å². The molecule has 2 rings (SSSR count). The molecular formula is C10HF7O. The predicted octanol–water partition coefficient (Wildman–Crippen LogP) is 3.52. The zero-order chi connectivity index (χ0) is 13.8. The number of hydrogen-bond acceptors (Lipinski definition) is 1. The SMILES string of the molecule is Oc1c(F)c(F)c(F)c2c(F)c(F)c(F)c(F)c12. The zero-order valence-electron chi connectivity index (χ0n) is 8.09. The third kappa shape index (κ3) is 1.34. The summed E-state index contributed by atoms with van der Waals surface area (Å²) in [6.07, 6.45) is 0. The molecule has 0 unspecified atom stereocenters. The van der Waals surface area contributed by atoms with Crippen LogP contribution in [0.4, 0.5) is 30.7 Å². The third-order valence-electron chi connectivity index (χ3n) is 2.32. The van der Waals surface area contributed by atoms with Gasteiger partial charge in [-0.05, 0) is 0 Å². The molecule has 0 spiro atoms. The summed E-state index contributed by atoms with van der Waals surface area (Å²) in [5.74, 6) is -17.9. The minimum Gasteiger partial charge on any atom is -0.504 e. The van der Waals surface area contributed by atoms with Crippen molar-refractivity contribution >= 4 is 10.8 Å². The molecule has 96 valence electrons. The largest absolute Gasteiger partial charge is 0.504 e. The predicted molar refractivity (Wildman–Crippen MR) is 45.3 cm³/mol. The van der Waals surface area contributed by atoms with Gasteiger partial charge in [0.2, 0.25) is 5.82 Å². The lowest BCUT2D eigenvalue weighted by atomic mass is 10.1. The number of phenolic OH excluding ortho intramolecular Hbond substituents is 1. The van der Waals surface area contributed by atoms with Gasteiger partial charge in [-0.3, -0.25) is 0 Å². The van der Waals surface area contributed by atoms with Crippen molar-refractivity contribution in [1.29, 1.82) is 0 Å². The van der Waals surface area contributed by atoms with E-state index in [9.17, 15) is 30.7 Å². The van der Waals surface area contributed by atoms with Gasteiger partial charge in [0.25, 0.3) is 0 Å². The van der Waals surface area contributed by atoms with E-state index in [-0.39, 0.29) is 0 Å². The summed E-state index contributed by atoms with van der Waals surface area (Å²) < 4.78 is 90.9. The number of halogens is 7. The van der Waals surface area contributed by atoms with Gasteiger partial charge in [-0.2, -0.15) is 4.39 Å². The highest BCUT2D eigenvalue weighted by atomic mass is 19.2. The smallest absolute Gasteiger partial charge is 0.204 e. The van der Waals surface area contributed by atoms with Gasteiger partial charge in [-0.15, -0.1) is 0 Å². The average molecular weight is 270 g/mol. The van der Waals surface area contributed by atoms with Crippen molar-refractivity contribution in [2.24, 2.45) is 0 Å². The van der Waals surface area contributed by atoms with E-state index in [2.05, 4.69) is 0 Å². The van der Waals surface area contributed by atoms with Crippen LogP contribution in [0.15, 0.2) is 0 Å². The summed E-state index contributed by atoms with van der Waals surface area (Å²) in [4.78, 5) is 0. The van der Waals surface area contributed by atoms with E-state index in [1.165, 1.54) is 0 Å². The molecule has 2 aromatic carbocycles. The molecule has 0 heterocycles. The highest BCUT2D eigenvalue weighted by Gasteiger charge is 2.30. The lowest BCUT2D eigenvalue weighted by Gasteiger charge is -2.09. The van der Waals surface area contributed by atoms with Gasteiger partial charge in [0, 0.05) is 0 Å². The van der Waals surface area contributed by atoms with Crippen LogP contribution in [0.2, 0.25) is 0 Å². The van der Waals surface area contributed by atoms with Gasteiger partial charge in [0.1, 0.15) is 0 Å². The Labute approximate surface area is 94.1 Å². The number of fused-ring (bicyclic) bond motifs is 1. The molecule has 0 amide bonds. The first-order chi connectivity index (χ1) is 8.29. The van der Waals surface area contributed by atoms with Crippen molar-refractivity contribution < 1.29 is 35.8 Å². The molecule has 0 saturated heterocycles. The number of benzene rings is 2.